The number of nitrogens with zero attached hydrogens (tertiary/aromatic N) is 4. The molecular weight excluding hydrogens is 512 g/mol. The molecule has 1 amide bonds. The minimum atomic E-state index is -0.289. The van der Waals surface area contributed by atoms with E-state index in [0.717, 1.165) is 44.8 Å². The summed E-state index contributed by atoms with van der Waals surface area (Å²) in [5.74, 6) is -0.0920. The van der Waals surface area contributed by atoms with Gasteiger partial charge in [-0.1, -0.05) is 6.58 Å². The van der Waals surface area contributed by atoms with Crippen LogP contribution in [0.15, 0.2) is 46.4 Å². The number of benzene rings is 1. The number of rotatable bonds is 6. The standard InChI is InChI=1S/C25H33BrN6O3/c1-5-23(33)28-20-13-18(27-24-25(34)30(4)15-22(26)29-24)6-7-21(20)32-10-9-31(14-16(32)2)19-8-11-35-17(3)12-19/h5-7,13,15-17,19H,1,8-12,14H2,2-4H3,(H,27,29)(H,28,33)/t16-,17+,19+/m0/s1. The van der Waals surface area contributed by atoms with Crippen LogP contribution in [0.4, 0.5) is 22.9 Å². The van der Waals surface area contributed by atoms with Gasteiger partial charge in [0.05, 0.1) is 17.5 Å². The topological polar surface area (TPSA) is 91.7 Å². The summed E-state index contributed by atoms with van der Waals surface area (Å²) in [6.45, 7) is 11.5. The highest BCUT2D eigenvalue weighted by Crippen LogP contribution is 2.33. The predicted octanol–water partition coefficient (Wildman–Crippen LogP) is 3.49. The first-order chi connectivity index (χ1) is 16.7. The summed E-state index contributed by atoms with van der Waals surface area (Å²) in [6, 6.07) is 6.53. The Bertz CT molecular complexity index is 1150. The number of carbonyl (C=O) groups excluding carboxylic acids is 1. The molecule has 9 nitrogen and oxygen atoms in total. The molecule has 2 fully saturated rings. The quantitative estimate of drug-likeness (QED) is 0.537. The minimum Gasteiger partial charge on any atom is -0.378 e. The highest BCUT2D eigenvalue weighted by molar-refractivity contribution is 9.10. The Morgan fingerprint density at radius 1 is 1.31 bits per heavy atom. The number of hydrogen-bond donors (Lipinski definition) is 2. The van der Waals surface area contributed by atoms with E-state index < -0.39 is 0 Å². The number of amides is 1. The second-order valence-electron chi connectivity index (χ2n) is 9.28. The van der Waals surface area contributed by atoms with Crippen LogP contribution in [0.25, 0.3) is 0 Å². The molecule has 1 aromatic carbocycles. The highest BCUT2D eigenvalue weighted by atomic mass is 79.9. The lowest BCUT2D eigenvalue weighted by Crippen LogP contribution is -2.56. The third-order valence-corrected chi connectivity index (χ3v) is 7.07. The molecule has 0 bridgehead atoms. The maximum atomic E-state index is 12.5. The number of aryl methyl sites for hydroxylation is 1. The third-order valence-electron chi connectivity index (χ3n) is 6.69. The number of hydrogen-bond acceptors (Lipinski definition) is 7. The van der Waals surface area contributed by atoms with Gasteiger partial charge in [-0.15, -0.1) is 0 Å². The molecule has 2 aliphatic rings. The van der Waals surface area contributed by atoms with Crippen LogP contribution in [0.1, 0.15) is 26.7 Å². The summed E-state index contributed by atoms with van der Waals surface area (Å²) in [5, 5.41) is 6.03. The van der Waals surface area contributed by atoms with Gasteiger partial charge < -0.3 is 24.8 Å². The Balaban J connectivity index is 1.57. The van der Waals surface area contributed by atoms with E-state index in [2.05, 4.69) is 61.8 Å². The fourth-order valence-corrected chi connectivity index (χ4v) is 5.40. The summed E-state index contributed by atoms with van der Waals surface area (Å²) < 4.78 is 7.73. The maximum absolute atomic E-state index is 12.5. The fourth-order valence-electron chi connectivity index (χ4n) is 4.92. The lowest BCUT2D eigenvalue weighted by molar-refractivity contribution is -0.111. The molecular formula is C25H33BrN6O3. The van der Waals surface area contributed by atoms with Crippen molar-refractivity contribution in [1.29, 1.82) is 0 Å². The van der Waals surface area contributed by atoms with E-state index in [1.807, 2.05) is 18.2 Å². The van der Waals surface area contributed by atoms with E-state index in [1.54, 1.807) is 13.2 Å². The van der Waals surface area contributed by atoms with Gasteiger partial charge in [0.25, 0.3) is 5.56 Å². The monoisotopic (exact) mass is 544 g/mol. The Morgan fingerprint density at radius 3 is 2.83 bits per heavy atom. The van der Waals surface area contributed by atoms with E-state index in [1.165, 1.54) is 10.6 Å². The molecule has 0 saturated carbocycles. The van der Waals surface area contributed by atoms with Gasteiger partial charge >= 0.3 is 0 Å². The van der Waals surface area contributed by atoms with Crippen molar-refractivity contribution in [2.24, 2.45) is 7.05 Å². The average molecular weight is 545 g/mol. The summed E-state index contributed by atoms with van der Waals surface area (Å²) in [6.07, 6.45) is 5.30. The van der Waals surface area contributed by atoms with Crippen LogP contribution in [0.3, 0.4) is 0 Å². The Morgan fingerprint density at radius 2 is 2.11 bits per heavy atom. The number of ether oxygens (including phenoxy) is 1. The zero-order valence-electron chi connectivity index (χ0n) is 20.5. The van der Waals surface area contributed by atoms with Crippen LogP contribution in [0.2, 0.25) is 0 Å². The molecule has 0 aliphatic carbocycles. The molecule has 4 rings (SSSR count). The smallest absolute Gasteiger partial charge is 0.293 e. The molecule has 3 atom stereocenters. The molecule has 0 spiro atoms. The van der Waals surface area contributed by atoms with Gasteiger partial charge in [0, 0.05) is 57.3 Å². The van der Waals surface area contributed by atoms with Gasteiger partial charge in [0.1, 0.15) is 4.60 Å². The van der Waals surface area contributed by atoms with Crippen LogP contribution in [-0.2, 0) is 16.6 Å². The van der Waals surface area contributed by atoms with E-state index in [9.17, 15) is 9.59 Å². The van der Waals surface area contributed by atoms with Gasteiger partial charge in [0.15, 0.2) is 5.82 Å². The molecule has 10 heteroatoms. The molecule has 2 aromatic rings. The Hall–Kier alpha value is -2.69. The van der Waals surface area contributed by atoms with Crippen LogP contribution < -0.4 is 21.1 Å². The SMILES string of the molecule is C=CC(=O)Nc1cc(Nc2nc(Br)cn(C)c2=O)ccc1N1CCN([C@@H]2CCO[C@H](C)C2)C[C@@H]1C. The molecule has 0 unspecified atom stereocenters. The highest BCUT2D eigenvalue weighted by Gasteiger charge is 2.32. The molecule has 35 heavy (non-hydrogen) atoms. The first-order valence-electron chi connectivity index (χ1n) is 11.9. The number of aromatic nitrogens is 2. The van der Waals surface area contributed by atoms with Crippen molar-refractivity contribution in [2.45, 2.75) is 44.9 Å². The van der Waals surface area contributed by atoms with Gasteiger partial charge in [-0.2, -0.15) is 0 Å². The summed E-state index contributed by atoms with van der Waals surface area (Å²) in [4.78, 5) is 33.9. The first-order valence-corrected chi connectivity index (χ1v) is 12.7. The van der Waals surface area contributed by atoms with Gasteiger partial charge in [-0.25, -0.2) is 4.98 Å². The van der Waals surface area contributed by atoms with Crippen molar-refractivity contribution >= 4 is 44.7 Å². The predicted molar refractivity (Wildman–Crippen MR) is 143 cm³/mol. The van der Waals surface area contributed by atoms with Crippen molar-refractivity contribution in [3.05, 3.63) is 52.0 Å². The van der Waals surface area contributed by atoms with Gasteiger partial charge in [-0.05, 0) is 66.9 Å². The summed E-state index contributed by atoms with van der Waals surface area (Å²) >= 11 is 3.33. The lowest BCUT2D eigenvalue weighted by atomic mass is 10.00. The second-order valence-corrected chi connectivity index (χ2v) is 10.1. The summed E-state index contributed by atoms with van der Waals surface area (Å²) in [5.41, 5.74) is 2.00. The summed E-state index contributed by atoms with van der Waals surface area (Å²) in [7, 11) is 1.67. The minimum absolute atomic E-state index is 0.197. The number of carbonyl (C=O) groups is 1. The fraction of sp³-hybridized carbons (Fsp3) is 0.480. The number of halogens is 1. The maximum Gasteiger partial charge on any atom is 0.293 e. The van der Waals surface area contributed by atoms with Crippen LogP contribution in [0, 0.1) is 0 Å². The molecule has 0 radical (unpaired) electrons. The van der Waals surface area contributed by atoms with Crippen molar-refractivity contribution in [2.75, 3.05) is 41.8 Å². The second kappa shape index (κ2) is 10.9. The van der Waals surface area contributed by atoms with Crippen molar-refractivity contribution in [3.63, 3.8) is 0 Å². The van der Waals surface area contributed by atoms with Crippen LogP contribution in [-0.4, -0.2) is 64.8 Å². The zero-order chi connectivity index (χ0) is 25.1. The molecule has 2 N–H and O–H groups in total. The third kappa shape index (κ3) is 5.94. The number of anilines is 4. The number of piperazine rings is 1. The molecule has 2 saturated heterocycles. The van der Waals surface area contributed by atoms with Crippen LogP contribution >= 0.6 is 15.9 Å². The van der Waals surface area contributed by atoms with Crippen molar-refractivity contribution < 1.29 is 9.53 Å². The lowest BCUT2D eigenvalue weighted by Gasteiger charge is -2.46. The largest absolute Gasteiger partial charge is 0.378 e. The van der Waals surface area contributed by atoms with Gasteiger partial charge in [-0.3, -0.25) is 14.5 Å². The van der Waals surface area contributed by atoms with Crippen molar-refractivity contribution in [1.82, 2.24) is 14.5 Å². The van der Waals surface area contributed by atoms with E-state index in [0.29, 0.717) is 28.1 Å². The van der Waals surface area contributed by atoms with E-state index >= 15 is 0 Å². The molecule has 3 heterocycles. The molecule has 2 aliphatic heterocycles. The van der Waals surface area contributed by atoms with Gasteiger partial charge in [0.2, 0.25) is 5.91 Å². The van der Waals surface area contributed by atoms with Crippen LogP contribution in [0.5, 0.6) is 0 Å². The molecule has 188 valence electrons. The normalized spacial score (nSPS) is 23.1. The molecule has 1 aromatic heterocycles. The average Bonchev–Trinajstić information content (AvgIpc) is 2.82. The van der Waals surface area contributed by atoms with E-state index in [-0.39, 0.29) is 23.3 Å². The Labute approximate surface area is 214 Å². The zero-order valence-corrected chi connectivity index (χ0v) is 22.0. The van der Waals surface area contributed by atoms with E-state index in [4.69, 9.17) is 4.74 Å². The first kappa shape index (κ1) is 25.4. The number of nitrogens with one attached hydrogen (secondary N) is 2. The van der Waals surface area contributed by atoms with Crippen molar-refractivity contribution in [3.8, 4) is 0 Å². The Kier molecular flexibility index (Phi) is 7.93.